The molecule has 0 bridgehead atoms. The fourth-order valence-corrected chi connectivity index (χ4v) is 2.58. The molecule has 3 rings (SSSR count). The molecule has 1 aromatic carbocycles. The number of amides is 1. The zero-order valence-corrected chi connectivity index (χ0v) is 11.4. The number of rotatable bonds is 3. The summed E-state index contributed by atoms with van der Waals surface area (Å²) in [6.07, 6.45) is 2.19. The van der Waals surface area contributed by atoms with E-state index in [4.69, 9.17) is 10.6 Å². The molecule has 7 nitrogen and oxygen atoms in total. The van der Waals surface area contributed by atoms with Crippen LogP contribution in [0.4, 0.5) is 0 Å². The molecule has 2 aromatic rings. The van der Waals surface area contributed by atoms with Crippen LogP contribution in [0.3, 0.4) is 0 Å². The van der Waals surface area contributed by atoms with Crippen LogP contribution in [0.2, 0.25) is 0 Å². The zero-order valence-electron chi connectivity index (χ0n) is 11.4. The Morgan fingerprint density at radius 1 is 1.43 bits per heavy atom. The first-order valence-electron chi connectivity index (χ1n) is 6.80. The molecule has 2 atom stereocenters. The maximum atomic E-state index is 12.3. The third kappa shape index (κ3) is 2.65. The van der Waals surface area contributed by atoms with Crippen LogP contribution in [0.25, 0.3) is 10.8 Å². The molecule has 3 N–H and O–H groups in total. The largest absolute Gasteiger partial charge is 0.363 e. The van der Waals surface area contributed by atoms with Crippen molar-refractivity contribution in [2.75, 3.05) is 0 Å². The monoisotopic (exact) mass is 288 g/mol. The summed E-state index contributed by atoms with van der Waals surface area (Å²) in [7, 11) is 0. The Kier molecular flexibility index (Phi) is 3.68. The van der Waals surface area contributed by atoms with E-state index in [9.17, 15) is 9.59 Å². The predicted molar refractivity (Wildman–Crippen MR) is 76.2 cm³/mol. The third-order valence-electron chi connectivity index (χ3n) is 3.68. The average molecular weight is 288 g/mol. The summed E-state index contributed by atoms with van der Waals surface area (Å²) in [5.41, 5.74) is 1.93. The van der Waals surface area contributed by atoms with Gasteiger partial charge in [0.1, 0.15) is 6.10 Å². The van der Waals surface area contributed by atoms with Crippen molar-refractivity contribution in [2.45, 2.75) is 31.6 Å². The van der Waals surface area contributed by atoms with Gasteiger partial charge in [-0.05, 0) is 18.9 Å². The van der Waals surface area contributed by atoms with E-state index in [1.54, 1.807) is 12.3 Å². The molecular formula is C14H16N4O3. The summed E-state index contributed by atoms with van der Waals surface area (Å²) < 4.78 is 6.98. The Morgan fingerprint density at radius 3 is 3.05 bits per heavy atom. The summed E-state index contributed by atoms with van der Waals surface area (Å²) in [6.45, 7) is 0.331. The summed E-state index contributed by atoms with van der Waals surface area (Å²) >= 11 is 0. The lowest BCUT2D eigenvalue weighted by Crippen LogP contribution is -2.39. The number of ether oxygens (including phenoxy) is 1. The van der Waals surface area contributed by atoms with Crippen molar-refractivity contribution in [3.8, 4) is 0 Å². The number of hydrazine groups is 1. The second kappa shape index (κ2) is 5.63. The van der Waals surface area contributed by atoms with Gasteiger partial charge < -0.3 is 4.74 Å². The number of fused-ring (bicyclic) bond motifs is 1. The first-order valence-corrected chi connectivity index (χ1v) is 6.80. The van der Waals surface area contributed by atoms with E-state index in [1.807, 2.05) is 18.2 Å². The second-order valence-electron chi connectivity index (χ2n) is 5.05. The van der Waals surface area contributed by atoms with E-state index in [2.05, 4.69) is 10.5 Å². The fourth-order valence-electron chi connectivity index (χ4n) is 2.58. The number of nitrogens with one attached hydrogen (secondary N) is 1. The van der Waals surface area contributed by atoms with Gasteiger partial charge in [0.05, 0.1) is 24.2 Å². The van der Waals surface area contributed by atoms with E-state index in [0.29, 0.717) is 24.8 Å². The average Bonchev–Trinajstić information content (AvgIpc) is 2.98. The molecule has 1 fully saturated rings. The molecule has 2 heterocycles. The molecule has 1 amide bonds. The standard InChI is InChI=1S/C14H16N4O3/c15-17-13(19)12-6-5-10(21-12)8-18-14(20)11-4-2-1-3-9(11)7-16-18/h1-4,7,10,12H,5-6,8,15H2,(H,17,19). The van der Waals surface area contributed by atoms with Gasteiger partial charge in [-0.3, -0.25) is 15.0 Å². The van der Waals surface area contributed by atoms with Crippen LogP contribution >= 0.6 is 0 Å². The highest BCUT2D eigenvalue weighted by molar-refractivity contribution is 5.80. The van der Waals surface area contributed by atoms with Crippen LogP contribution in [-0.4, -0.2) is 27.9 Å². The molecule has 1 aliphatic rings. The minimum atomic E-state index is -0.545. The van der Waals surface area contributed by atoms with Gasteiger partial charge in [0.15, 0.2) is 0 Å². The molecule has 0 radical (unpaired) electrons. The number of hydrogen-bond acceptors (Lipinski definition) is 5. The Hall–Kier alpha value is -2.25. The van der Waals surface area contributed by atoms with Gasteiger partial charge in [-0.1, -0.05) is 18.2 Å². The molecule has 0 spiro atoms. The van der Waals surface area contributed by atoms with Crippen molar-refractivity contribution in [3.63, 3.8) is 0 Å². The van der Waals surface area contributed by atoms with E-state index in [1.165, 1.54) is 4.68 Å². The van der Waals surface area contributed by atoms with Crippen LogP contribution in [0.15, 0.2) is 35.3 Å². The highest BCUT2D eigenvalue weighted by atomic mass is 16.5. The van der Waals surface area contributed by atoms with Crippen molar-refractivity contribution >= 4 is 16.7 Å². The Labute approximate surface area is 120 Å². The van der Waals surface area contributed by atoms with Crippen molar-refractivity contribution in [1.29, 1.82) is 0 Å². The van der Waals surface area contributed by atoms with Crippen LogP contribution in [0.1, 0.15) is 12.8 Å². The first-order chi connectivity index (χ1) is 10.2. The number of nitrogens with zero attached hydrogens (tertiary/aromatic N) is 2. The Bertz CT molecular complexity index is 727. The smallest absolute Gasteiger partial charge is 0.274 e. The van der Waals surface area contributed by atoms with Gasteiger partial charge in [-0.2, -0.15) is 5.10 Å². The fraction of sp³-hybridized carbons (Fsp3) is 0.357. The number of carbonyl (C=O) groups excluding carboxylic acids is 1. The minimum absolute atomic E-state index is 0.150. The number of aromatic nitrogens is 2. The maximum Gasteiger partial charge on any atom is 0.274 e. The van der Waals surface area contributed by atoms with Crippen molar-refractivity contribution in [3.05, 3.63) is 40.8 Å². The summed E-state index contributed by atoms with van der Waals surface area (Å²) in [5, 5.41) is 5.60. The van der Waals surface area contributed by atoms with Crippen LogP contribution in [0.5, 0.6) is 0 Å². The van der Waals surface area contributed by atoms with Gasteiger partial charge in [0.2, 0.25) is 0 Å². The molecule has 1 aliphatic heterocycles. The van der Waals surface area contributed by atoms with E-state index in [0.717, 1.165) is 5.39 Å². The number of benzene rings is 1. The quantitative estimate of drug-likeness (QED) is 0.468. The molecule has 0 aliphatic carbocycles. The first kappa shape index (κ1) is 13.7. The molecule has 1 aromatic heterocycles. The van der Waals surface area contributed by atoms with E-state index in [-0.39, 0.29) is 17.6 Å². The normalized spacial score (nSPS) is 21.6. The Morgan fingerprint density at radius 2 is 2.24 bits per heavy atom. The predicted octanol–water partition coefficient (Wildman–Crippen LogP) is -0.0660. The number of hydrogen-bond donors (Lipinski definition) is 2. The second-order valence-corrected chi connectivity index (χ2v) is 5.05. The minimum Gasteiger partial charge on any atom is -0.363 e. The SMILES string of the molecule is NNC(=O)C1CCC(Cn2ncc3ccccc3c2=O)O1. The van der Waals surface area contributed by atoms with Gasteiger partial charge in [-0.15, -0.1) is 0 Å². The summed E-state index contributed by atoms with van der Waals surface area (Å²) in [6, 6.07) is 7.31. The van der Waals surface area contributed by atoms with Crippen LogP contribution in [-0.2, 0) is 16.1 Å². The maximum absolute atomic E-state index is 12.3. The molecular weight excluding hydrogens is 272 g/mol. The summed E-state index contributed by atoms with van der Waals surface area (Å²) in [4.78, 5) is 23.7. The van der Waals surface area contributed by atoms with Crippen molar-refractivity contribution < 1.29 is 9.53 Å². The molecule has 0 saturated carbocycles. The number of carbonyl (C=O) groups is 1. The van der Waals surface area contributed by atoms with Crippen LogP contribution in [0, 0.1) is 0 Å². The lowest BCUT2D eigenvalue weighted by atomic mass is 10.2. The third-order valence-corrected chi connectivity index (χ3v) is 3.68. The van der Waals surface area contributed by atoms with Gasteiger partial charge >= 0.3 is 0 Å². The molecule has 1 saturated heterocycles. The highest BCUT2D eigenvalue weighted by Crippen LogP contribution is 2.20. The number of nitrogens with two attached hydrogens (primary N) is 1. The van der Waals surface area contributed by atoms with E-state index >= 15 is 0 Å². The van der Waals surface area contributed by atoms with Gasteiger partial charge in [0.25, 0.3) is 11.5 Å². The summed E-state index contributed by atoms with van der Waals surface area (Å²) in [5.74, 6) is 4.75. The molecule has 110 valence electrons. The topological polar surface area (TPSA) is 99.2 Å². The van der Waals surface area contributed by atoms with Gasteiger partial charge in [-0.25, -0.2) is 10.5 Å². The zero-order chi connectivity index (χ0) is 14.8. The lowest BCUT2D eigenvalue weighted by Gasteiger charge is -2.13. The lowest BCUT2D eigenvalue weighted by molar-refractivity contribution is -0.132. The van der Waals surface area contributed by atoms with Crippen LogP contribution < -0.4 is 16.8 Å². The van der Waals surface area contributed by atoms with E-state index < -0.39 is 6.10 Å². The van der Waals surface area contributed by atoms with Gasteiger partial charge in [0, 0.05) is 5.39 Å². The molecule has 21 heavy (non-hydrogen) atoms. The highest BCUT2D eigenvalue weighted by Gasteiger charge is 2.30. The van der Waals surface area contributed by atoms with Crippen molar-refractivity contribution in [1.82, 2.24) is 15.2 Å². The van der Waals surface area contributed by atoms with Crippen molar-refractivity contribution in [2.24, 2.45) is 5.84 Å². The Balaban J connectivity index is 1.79. The molecule has 7 heteroatoms. The molecule has 2 unspecified atom stereocenters.